The second kappa shape index (κ2) is 8.68. The highest BCUT2D eigenvalue weighted by Crippen LogP contribution is 2.45. The Morgan fingerprint density at radius 1 is 1.16 bits per heavy atom. The minimum atomic E-state index is -1.16. The molecule has 166 valence electrons. The zero-order valence-corrected chi connectivity index (χ0v) is 18.2. The molecule has 4 atom stereocenters. The number of β-lactam (4-membered cyclic amide) rings is 1. The Bertz CT molecular complexity index is 1090. The molecule has 6 N–H and O–H groups in total. The Morgan fingerprint density at radius 3 is 2.44 bits per heavy atom. The largest absolute Gasteiger partial charge is 0.477 e. The Morgan fingerprint density at radius 2 is 1.81 bits per heavy atom. The van der Waals surface area contributed by atoms with E-state index in [1.807, 2.05) is 18.2 Å². The highest BCUT2D eigenvalue weighted by Gasteiger charge is 2.55. The van der Waals surface area contributed by atoms with Gasteiger partial charge < -0.3 is 21.9 Å². The first-order valence-corrected chi connectivity index (χ1v) is 11.1. The summed E-state index contributed by atoms with van der Waals surface area (Å²) >= 11 is 1.47. The number of rotatable bonds is 6. The van der Waals surface area contributed by atoms with E-state index in [1.165, 1.54) is 16.7 Å². The second-order valence-electron chi connectivity index (χ2n) is 7.88. The van der Waals surface area contributed by atoms with Gasteiger partial charge in [0.05, 0.1) is 0 Å². The van der Waals surface area contributed by atoms with Crippen LogP contribution in [-0.2, 0) is 20.8 Å². The smallest absolute Gasteiger partial charge is 0.352 e. The van der Waals surface area contributed by atoms with Crippen LogP contribution >= 0.6 is 11.8 Å². The van der Waals surface area contributed by atoms with Gasteiger partial charge in [-0.3, -0.25) is 14.5 Å². The van der Waals surface area contributed by atoms with Crippen molar-refractivity contribution < 1.29 is 19.5 Å². The van der Waals surface area contributed by atoms with Crippen molar-refractivity contribution in [2.45, 2.75) is 36.1 Å². The average molecular weight is 453 g/mol. The highest BCUT2D eigenvalue weighted by atomic mass is 32.2. The standard InChI is InChI=1S/C23H24N4O4S/c1-12-16(11-13-7-9-15(24)10-8-13)32-22-18(21(29)27(22)19(12)23(30)31)26-20(28)17(25)14-5-3-2-4-6-14/h2-10,16-18,22H,11,24-25H2,1H3,(H,26,28)(H,30,31)/t16?,17-,18-,22-/m1/s1. The first kappa shape index (κ1) is 21.9. The summed E-state index contributed by atoms with van der Waals surface area (Å²) in [5.41, 5.74) is 14.7. The number of nitrogens with two attached hydrogens (primary N) is 2. The van der Waals surface area contributed by atoms with E-state index >= 15 is 0 Å². The van der Waals surface area contributed by atoms with Crippen LogP contribution in [0.2, 0.25) is 0 Å². The molecule has 2 amide bonds. The Kier molecular flexibility index (Phi) is 5.94. The number of carbonyl (C=O) groups excluding carboxylic acids is 2. The Labute approximate surface area is 189 Å². The van der Waals surface area contributed by atoms with E-state index in [1.54, 1.807) is 43.3 Å². The summed E-state index contributed by atoms with van der Waals surface area (Å²) in [6, 6.07) is 14.5. The van der Waals surface area contributed by atoms with Crippen molar-refractivity contribution >= 4 is 35.2 Å². The molecule has 0 saturated carbocycles. The van der Waals surface area contributed by atoms with Crippen molar-refractivity contribution in [2.75, 3.05) is 5.73 Å². The second-order valence-corrected chi connectivity index (χ2v) is 9.20. The Balaban J connectivity index is 1.54. The number of thioether (sulfide) groups is 1. The zero-order valence-electron chi connectivity index (χ0n) is 17.4. The molecule has 2 aliphatic heterocycles. The van der Waals surface area contributed by atoms with Crippen LogP contribution in [0.3, 0.4) is 0 Å². The van der Waals surface area contributed by atoms with Crippen molar-refractivity contribution in [3.8, 4) is 0 Å². The van der Waals surface area contributed by atoms with Crippen molar-refractivity contribution in [3.05, 3.63) is 77.0 Å². The number of fused-ring (bicyclic) bond motifs is 1. The first-order chi connectivity index (χ1) is 15.3. The maximum Gasteiger partial charge on any atom is 0.352 e. The number of nitrogen functional groups attached to an aromatic ring is 1. The minimum Gasteiger partial charge on any atom is -0.477 e. The topological polar surface area (TPSA) is 139 Å². The summed E-state index contributed by atoms with van der Waals surface area (Å²) in [5.74, 6) is -2.08. The van der Waals surface area contributed by atoms with Crippen molar-refractivity contribution in [1.82, 2.24) is 10.2 Å². The fourth-order valence-electron chi connectivity index (χ4n) is 3.98. The Hall–Kier alpha value is -3.30. The van der Waals surface area contributed by atoms with Crippen LogP contribution in [0.4, 0.5) is 5.69 Å². The van der Waals surface area contributed by atoms with Crippen molar-refractivity contribution in [2.24, 2.45) is 5.73 Å². The summed E-state index contributed by atoms with van der Waals surface area (Å²) in [4.78, 5) is 38.7. The molecule has 4 rings (SSSR count). The van der Waals surface area contributed by atoms with Gasteiger partial charge in [-0.25, -0.2) is 4.79 Å². The van der Waals surface area contributed by atoms with Gasteiger partial charge in [-0.2, -0.15) is 0 Å². The number of nitrogens with zero attached hydrogens (tertiary/aromatic N) is 1. The number of amides is 2. The average Bonchev–Trinajstić information content (AvgIpc) is 2.79. The van der Waals surface area contributed by atoms with Crippen LogP contribution in [0.25, 0.3) is 0 Å². The van der Waals surface area contributed by atoms with Gasteiger partial charge >= 0.3 is 5.97 Å². The summed E-state index contributed by atoms with van der Waals surface area (Å²) in [6.45, 7) is 1.74. The number of benzene rings is 2. The van der Waals surface area contributed by atoms with Crippen LogP contribution in [0, 0.1) is 0 Å². The monoisotopic (exact) mass is 452 g/mol. The summed E-state index contributed by atoms with van der Waals surface area (Å²) in [5, 5.41) is 11.8. The highest BCUT2D eigenvalue weighted by molar-refractivity contribution is 8.00. The summed E-state index contributed by atoms with van der Waals surface area (Å²) < 4.78 is 0. The summed E-state index contributed by atoms with van der Waals surface area (Å²) in [7, 11) is 0. The number of hydrogen-bond donors (Lipinski definition) is 4. The molecule has 1 fully saturated rings. The molecule has 0 bridgehead atoms. The molecule has 2 aromatic rings. The molecule has 0 radical (unpaired) electrons. The number of carboxylic acid groups (broad SMARTS) is 1. The van der Waals surface area contributed by atoms with Gasteiger partial charge in [0.2, 0.25) is 5.91 Å². The zero-order chi connectivity index (χ0) is 23.0. The SMILES string of the molecule is CC1=C(C(=O)O)N2C(=O)[C@@H](NC(=O)[C@H](N)c3ccccc3)[C@H]2SC1Cc1ccc(N)cc1. The lowest BCUT2D eigenvalue weighted by Gasteiger charge is -2.51. The molecule has 1 saturated heterocycles. The number of nitrogens with one attached hydrogen (secondary N) is 1. The van der Waals surface area contributed by atoms with Crippen molar-refractivity contribution in [3.63, 3.8) is 0 Å². The molecule has 0 aliphatic carbocycles. The van der Waals surface area contributed by atoms with Gasteiger partial charge in [-0.1, -0.05) is 42.5 Å². The van der Waals surface area contributed by atoms with E-state index in [2.05, 4.69) is 5.32 Å². The predicted molar refractivity (Wildman–Crippen MR) is 122 cm³/mol. The number of aliphatic carboxylic acids is 1. The maximum absolute atomic E-state index is 12.8. The molecule has 8 nitrogen and oxygen atoms in total. The molecule has 0 aromatic heterocycles. The van der Waals surface area contributed by atoms with Crippen LogP contribution in [-0.4, -0.2) is 44.5 Å². The van der Waals surface area contributed by atoms with E-state index in [-0.39, 0.29) is 10.9 Å². The lowest BCUT2D eigenvalue weighted by molar-refractivity contribution is -0.151. The fraction of sp³-hybridized carbons (Fsp3) is 0.261. The van der Waals surface area contributed by atoms with E-state index in [9.17, 15) is 19.5 Å². The van der Waals surface area contributed by atoms with Crippen LogP contribution in [0.5, 0.6) is 0 Å². The predicted octanol–water partition coefficient (Wildman–Crippen LogP) is 1.64. The molecule has 2 heterocycles. The van der Waals surface area contributed by atoms with E-state index in [4.69, 9.17) is 11.5 Å². The normalized spacial score (nSPS) is 23.2. The molecule has 1 unspecified atom stereocenters. The van der Waals surface area contributed by atoms with E-state index < -0.39 is 35.2 Å². The lowest BCUT2D eigenvalue weighted by Crippen LogP contribution is -2.71. The van der Waals surface area contributed by atoms with Gasteiger partial charge in [-0.05, 0) is 42.2 Å². The van der Waals surface area contributed by atoms with E-state index in [0.29, 0.717) is 23.2 Å². The van der Waals surface area contributed by atoms with Gasteiger partial charge in [0.25, 0.3) is 5.91 Å². The van der Waals surface area contributed by atoms with E-state index in [0.717, 1.165) is 5.56 Å². The number of anilines is 1. The molecule has 9 heteroatoms. The molecule has 2 aromatic carbocycles. The third-order valence-corrected chi connectivity index (χ3v) is 7.40. The molecule has 2 aliphatic rings. The fourth-order valence-corrected chi connectivity index (χ4v) is 5.60. The van der Waals surface area contributed by atoms with Gasteiger partial charge in [-0.15, -0.1) is 11.8 Å². The molecule has 0 spiro atoms. The van der Waals surface area contributed by atoms with Gasteiger partial charge in [0.15, 0.2) is 0 Å². The van der Waals surface area contributed by atoms with Crippen molar-refractivity contribution in [1.29, 1.82) is 0 Å². The maximum atomic E-state index is 12.8. The minimum absolute atomic E-state index is 0.0166. The van der Waals surface area contributed by atoms with Gasteiger partial charge in [0.1, 0.15) is 23.2 Å². The molecular weight excluding hydrogens is 428 g/mol. The number of hydrogen-bond acceptors (Lipinski definition) is 6. The third-order valence-electron chi connectivity index (χ3n) is 5.79. The number of carbonyl (C=O) groups is 3. The first-order valence-electron chi connectivity index (χ1n) is 10.2. The quantitative estimate of drug-likeness (QED) is 0.386. The lowest BCUT2D eigenvalue weighted by atomic mass is 9.97. The molecule has 32 heavy (non-hydrogen) atoms. The molecular formula is C23H24N4O4S. The van der Waals surface area contributed by atoms with Crippen LogP contribution < -0.4 is 16.8 Å². The van der Waals surface area contributed by atoms with Crippen LogP contribution in [0.1, 0.15) is 24.1 Å². The number of carboxylic acids is 1. The summed E-state index contributed by atoms with van der Waals surface area (Å²) in [6.07, 6.45) is 0.580. The van der Waals surface area contributed by atoms with Crippen LogP contribution in [0.15, 0.2) is 65.9 Å². The van der Waals surface area contributed by atoms with Gasteiger partial charge in [0, 0.05) is 10.9 Å². The third kappa shape index (κ3) is 3.96.